The van der Waals surface area contributed by atoms with Crippen molar-refractivity contribution in [2.24, 2.45) is 4.99 Å². The first-order valence-corrected chi connectivity index (χ1v) is 9.61. The molecule has 2 aromatic carbocycles. The van der Waals surface area contributed by atoms with E-state index < -0.39 is 12.1 Å². The van der Waals surface area contributed by atoms with Crippen LogP contribution >= 0.6 is 11.8 Å². The van der Waals surface area contributed by atoms with Crippen LogP contribution in [0.2, 0.25) is 0 Å². The van der Waals surface area contributed by atoms with Gasteiger partial charge in [-0.3, -0.25) is 4.79 Å². The van der Waals surface area contributed by atoms with Gasteiger partial charge in [0, 0.05) is 0 Å². The summed E-state index contributed by atoms with van der Waals surface area (Å²) >= 11 is 1.25. The fraction of sp³-hybridized carbons (Fsp3) is 0.190. The van der Waals surface area contributed by atoms with Crippen LogP contribution in [0.1, 0.15) is 18.1 Å². The second-order valence-corrected chi connectivity index (χ2v) is 7.36. The Morgan fingerprint density at radius 1 is 1.21 bits per heavy atom. The molecule has 1 fully saturated rings. The normalized spacial score (nSPS) is 17.3. The first-order chi connectivity index (χ1) is 13.9. The van der Waals surface area contributed by atoms with Gasteiger partial charge in [-0.05, 0) is 61.5 Å². The van der Waals surface area contributed by atoms with Gasteiger partial charge in [0.25, 0.3) is 5.91 Å². The van der Waals surface area contributed by atoms with E-state index in [4.69, 9.17) is 14.6 Å². The smallest absolute Gasteiger partial charge is 0.344 e. The van der Waals surface area contributed by atoms with Crippen LogP contribution in [0.5, 0.6) is 11.5 Å². The number of thioether (sulfide) groups is 1. The fourth-order valence-electron chi connectivity index (χ4n) is 2.48. The van der Waals surface area contributed by atoms with Crippen LogP contribution in [0.3, 0.4) is 0 Å². The van der Waals surface area contributed by atoms with Crippen molar-refractivity contribution in [2.75, 3.05) is 7.11 Å². The van der Waals surface area contributed by atoms with Crippen LogP contribution in [0.15, 0.2) is 52.4 Å². The number of aliphatic carboxylic acids is 1. The molecular formula is C21H20N2O5S. The molecule has 0 aliphatic carbocycles. The van der Waals surface area contributed by atoms with Gasteiger partial charge in [-0.25, -0.2) is 9.79 Å². The van der Waals surface area contributed by atoms with Crippen LogP contribution in [-0.2, 0) is 9.59 Å². The quantitative estimate of drug-likeness (QED) is 0.702. The van der Waals surface area contributed by atoms with E-state index in [1.165, 1.54) is 25.8 Å². The lowest BCUT2D eigenvalue weighted by molar-refractivity contribution is -0.144. The van der Waals surface area contributed by atoms with E-state index in [2.05, 4.69) is 10.3 Å². The Morgan fingerprint density at radius 3 is 2.59 bits per heavy atom. The largest absolute Gasteiger partial charge is 0.493 e. The average molecular weight is 412 g/mol. The molecule has 0 bridgehead atoms. The Kier molecular flexibility index (Phi) is 6.23. The first kappa shape index (κ1) is 20.5. The number of amidine groups is 1. The molecule has 1 amide bonds. The van der Waals surface area contributed by atoms with E-state index in [9.17, 15) is 9.59 Å². The predicted octanol–water partition coefficient (Wildman–Crippen LogP) is 3.75. The molecule has 1 unspecified atom stereocenters. The monoisotopic (exact) mass is 412 g/mol. The summed E-state index contributed by atoms with van der Waals surface area (Å²) < 4.78 is 10.7. The SMILES string of the molecule is COc1cc(/C=C2/SC(=Nc3ccc(C)cc3)NC2=O)ccc1OC(C)C(=O)O. The Bertz CT molecular complexity index is 999. The average Bonchev–Trinajstić information content (AvgIpc) is 3.03. The maximum absolute atomic E-state index is 12.3. The number of carboxylic acids is 1. The van der Waals surface area contributed by atoms with Gasteiger partial charge < -0.3 is 19.9 Å². The van der Waals surface area contributed by atoms with Crippen molar-refractivity contribution >= 4 is 40.6 Å². The maximum atomic E-state index is 12.3. The lowest BCUT2D eigenvalue weighted by Crippen LogP contribution is -2.23. The Balaban J connectivity index is 1.79. The first-order valence-electron chi connectivity index (χ1n) is 8.79. The number of aliphatic imine (C=N–C) groups is 1. The number of carbonyl (C=O) groups is 2. The van der Waals surface area contributed by atoms with E-state index in [0.29, 0.717) is 27.1 Å². The number of nitrogens with one attached hydrogen (secondary N) is 1. The number of benzene rings is 2. The number of nitrogens with zero attached hydrogens (tertiary/aromatic N) is 1. The molecule has 0 aromatic heterocycles. The second-order valence-electron chi connectivity index (χ2n) is 6.33. The van der Waals surface area contributed by atoms with Crippen molar-refractivity contribution in [3.8, 4) is 11.5 Å². The maximum Gasteiger partial charge on any atom is 0.344 e. The highest BCUT2D eigenvalue weighted by Crippen LogP contribution is 2.32. The molecule has 0 radical (unpaired) electrons. The highest BCUT2D eigenvalue weighted by Gasteiger charge is 2.24. The summed E-state index contributed by atoms with van der Waals surface area (Å²) in [5.74, 6) is -0.614. The molecule has 1 aliphatic rings. The number of methoxy groups -OCH3 is 1. The fourth-order valence-corrected chi connectivity index (χ4v) is 3.32. The van der Waals surface area contributed by atoms with E-state index in [1.807, 2.05) is 31.2 Å². The molecule has 7 nitrogen and oxygen atoms in total. The summed E-state index contributed by atoms with van der Waals surface area (Å²) in [4.78, 5) is 28.2. The number of carbonyl (C=O) groups excluding carboxylic acids is 1. The molecule has 0 spiro atoms. The number of carboxylic acid groups (broad SMARTS) is 1. The van der Waals surface area contributed by atoms with Gasteiger partial charge >= 0.3 is 5.97 Å². The van der Waals surface area contributed by atoms with Gasteiger partial charge in [0.1, 0.15) is 0 Å². The van der Waals surface area contributed by atoms with Crippen LogP contribution < -0.4 is 14.8 Å². The van der Waals surface area contributed by atoms with Crippen molar-refractivity contribution in [1.82, 2.24) is 5.32 Å². The molecule has 150 valence electrons. The van der Waals surface area contributed by atoms with Crippen LogP contribution in [0.25, 0.3) is 6.08 Å². The highest BCUT2D eigenvalue weighted by atomic mass is 32.2. The number of ether oxygens (including phenoxy) is 2. The zero-order valence-electron chi connectivity index (χ0n) is 16.1. The Labute approximate surface area is 172 Å². The molecule has 1 atom stereocenters. The third-order valence-electron chi connectivity index (χ3n) is 4.05. The minimum Gasteiger partial charge on any atom is -0.493 e. The zero-order chi connectivity index (χ0) is 21.0. The van der Waals surface area contributed by atoms with Gasteiger partial charge in [-0.1, -0.05) is 23.8 Å². The van der Waals surface area contributed by atoms with Gasteiger partial charge in [-0.15, -0.1) is 0 Å². The lowest BCUT2D eigenvalue weighted by atomic mass is 10.2. The second kappa shape index (κ2) is 8.83. The van der Waals surface area contributed by atoms with Gasteiger partial charge in [0.2, 0.25) is 0 Å². The summed E-state index contributed by atoms with van der Waals surface area (Å²) in [6, 6.07) is 12.7. The van der Waals surface area contributed by atoms with E-state index in [-0.39, 0.29) is 5.91 Å². The summed E-state index contributed by atoms with van der Waals surface area (Å²) in [6.45, 7) is 3.43. The van der Waals surface area contributed by atoms with E-state index >= 15 is 0 Å². The zero-order valence-corrected chi connectivity index (χ0v) is 16.9. The van der Waals surface area contributed by atoms with Crippen LogP contribution in [0, 0.1) is 6.92 Å². The molecule has 8 heteroatoms. The van der Waals surface area contributed by atoms with Gasteiger partial charge in [-0.2, -0.15) is 0 Å². The van der Waals surface area contributed by atoms with Crippen molar-refractivity contribution in [2.45, 2.75) is 20.0 Å². The summed E-state index contributed by atoms with van der Waals surface area (Å²) in [5, 5.41) is 12.2. The standard InChI is InChI=1S/C21H20N2O5S/c1-12-4-7-15(8-5-12)22-21-23-19(24)18(29-21)11-14-6-9-16(17(10-14)27-3)28-13(2)20(25)26/h4-11,13H,1-3H3,(H,25,26)(H,22,23,24)/b18-11+. The number of rotatable bonds is 6. The molecule has 0 saturated carbocycles. The molecule has 1 heterocycles. The van der Waals surface area contributed by atoms with E-state index in [0.717, 1.165) is 11.3 Å². The number of hydrogen-bond donors (Lipinski definition) is 2. The van der Waals surface area contributed by atoms with Crippen molar-refractivity contribution in [3.63, 3.8) is 0 Å². The summed E-state index contributed by atoms with van der Waals surface area (Å²) in [7, 11) is 1.47. The minimum absolute atomic E-state index is 0.236. The van der Waals surface area contributed by atoms with Gasteiger partial charge in [0.05, 0.1) is 17.7 Å². The Hall–Kier alpha value is -3.26. The molecule has 3 rings (SSSR count). The predicted molar refractivity (Wildman–Crippen MR) is 113 cm³/mol. The summed E-state index contributed by atoms with van der Waals surface area (Å²) in [5.41, 5.74) is 2.61. The minimum atomic E-state index is -1.07. The van der Waals surface area contributed by atoms with Crippen molar-refractivity contribution < 1.29 is 24.2 Å². The molecule has 1 aliphatic heterocycles. The van der Waals surface area contributed by atoms with E-state index in [1.54, 1.807) is 24.3 Å². The van der Waals surface area contributed by atoms with Crippen LogP contribution in [0.4, 0.5) is 5.69 Å². The third-order valence-corrected chi connectivity index (χ3v) is 4.96. The number of hydrogen-bond acceptors (Lipinski definition) is 6. The number of amides is 1. The summed E-state index contributed by atoms with van der Waals surface area (Å²) in [6.07, 6.45) is 0.703. The van der Waals surface area contributed by atoms with Crippen LogP contribution in [-0.4, -0.2) is 35.4 Å². The lowest BCUT2D eigenvalue weighted by Gasteiger charge is -2.14. The molecule has 2 aromatic rings. The number of aryl methyl sites for hydroxylation is 1. The Morgan fingerprint density at radius 2 is 1.93 bits per heavy atom. The third kappa shape index (κ3) is 5.17. The van der Waals surface area contributed by atoms with Gasteiger partial charge in [0.15, 0.2) is 22.8 Å². The molecule has 29 heavy (non-hydrogen) atoms. The van der Waals surface area contributed by atoms with Crippen molar-refractivity contribution in [1.29, 1.82) is 0 Å². The topological polar surface area (TPSA) is 97.2 Å². The molecular weight excluding hydrogens is 392 g/mol. The van der Waals surface area contributed by atoms with Crippen molar-refractivity contribution in [3.05, 3.63) is 58.5 Å². The highest BCUT2D eigenvalue weighted by molar-refractivity contribution is 8.18. The molecule has 1 saturated heterocycles. The molecule has 2 N–H and O–H groups in total.